The van der Waals surface area contributed by atoms with E-state index in [-0.39, 0.29) is 0 Å². The van der Waals surface area contributed by atoms with Gasteiger partial charge in [-0.2, -0.15) is 0 Å². The molecule has 0 fully saturated rings. The number of amidine groups is 2. The number of benzene rings is 10. The first-order chi connectivity index (χ1) is 32.7. The molecule has 66 heavy (non-hydrogen) atoms. The molecule has 0 amide bonds. The van der Waals surface area contributed by atoms with Gasteiger partial charge >= 0.3 is 0 Å². The van der Waals surface area contributed by atoms with Gasteiger partial charge in [0.25, 0.3) is 0 Å². The maximum Gasteiger partial charge on any atom is 0.160 e. The predicted octanol–water partition coefficient (Wildman–Crippen LogP) is 16.2. The maximum atomic E-state index is 6.89. The van der Waals surface area contributed by atoms with Crippen molar-refractivity contribution in [1.29, 1.82) is 0 Å². The quantitative estimate of drug-likeness (QED) is 0.191. The molecule has 5 heterocycles. The van der Waals surface area contributed by atoms with Crippen molar-refractivity contribution in [2.75, 3.05) is 0 Å². The Labute approximate surface area is 384 Å². The molecule has 0 saturated heterocycles. The van der Waals surface area contributed by atoms with E-state index in [4.69, 9.17) is 14.4 Å². The van der Waals surface area contributed by atoms with E-state index in [1.807, 2.05) is 22.7 Å². The van der Waals surface area contributed by atoms with Gasteiger partial charge in [-0.05, 0) is 70.8 Å². The predicted molar refractivity (Wildman–Crippen MR) is 281 cm³/mol. The van der Waals surface area contributed by atoms with E-state index in [0.29, 0.717) is 5.84 Å². The molecule has 1 aliphatic rings. The molecule has 0 spiro atoms. The van der Waals surface area contributed by atoms with Crippen molar-refractivity contribution in [3.8, 4) is 5.69 Å². The number of furan rings is 1. The number of nitrogens with one attached hydrogen (secondary N) is 1. The van der Waals surface area contributed by atoms with E-state index < -0.39 is 6.17 Å². The first kappa shape index (κ1) is 36.3. The van der Waals surface area contributed by atoms with Gasteiger partial charge in [0.2, 0.25) is 0 Å². The molecule has 0 aliphatic carbocycles. The van der Waals surface area contributed by atoms with Crippen LogP contribution in [0.5, 0.6) is 0 Å². The van der Waals surface area contributed by atoms with Crippen molar-refractivity contribution in [1.82, 2.24) is 9.88 Å². The normalized spacial score (nSPS) is 14.5. The molecule has 1 atom stereocenters. The van der Waals surface area contributed by atoms with Crippen LogP contribution in [0.4, 0.5) is 0 Å². The van der Waals surface area contributed by atoms with E-state index in [9.17, 15) is 0 Å². The Kier molecular flexibility index (Phi) is 7.53. The highest BCUT2D eigenvalue weighted by Crippen LogP contribution is 2.44. The summed E-state index contributed by atoms with van der Waals surface area (Å²) in [6.07, 6.45) is -0.437. The minimum Gasteiger partial charge on any atom is -0.456 e. The average Bonchev–Trinajstić information content (AvgIpc) is 4.14. The van der Waals surface area contributed by atoms with Gasteiger partial charge in [0, 0.05) is 78.6 Å². The highest BCUT2D eigenvalue weighted by Gasteiger charge is 2.28. The standard InChI is InChI=1S/C59H34N4OS2/c1-2-15-35-30-45-44(29-34(35)14-1)38-28-27-33-13-3-4-16-37(33)56(38)63(45)46-31-36(32-48-55(46)39-17-5-8-22-47(39)64-48)57-60-58(42-20-11-25-51-53(42)40-18-6-9-23-49(40)65-51)62-59(61-57)43-21-12-26-52-54(43)41-19-7-10-24-50(41)66-52/h1-32,58H,(H,60,61,62). The molecule has 1 unspecified atom stereocenters. The van der Waals surface area contributed by atoms with Crippen molar-refractivity contribution in [2.24, 2.45) is 9.98 Å². The van der Waals surface area contributed by atoms with Crippen molar-refractivity contribution in [3.63, 3.8) is 0 Å². The van der Waals surface area contributed by atoms with Gasteiger partial charge in [0.1, 0.15) is 23.2 Å². The molecular formula is C59H34N4OS2. The van der Waals surface area contributed by atoms with Crippen LogP contribution in [0.1, 0.15) is 22.9 Å². The average molecular weight is 879 g/mol. The van der Waals surface area contributed by atoms with Crippen LogP contribution >= 0.6 is 22.7 Å². The number of hydrogen-bond donors (Lipinski definition) is 1. The molecular weight excluding hydrogens is 845 g/mol. The monoisotopic (exact) mass is 878 g/mol. The number of hydrogen-bond acceptors (Lipinski definition) is 6. The lowest BCUT2D eigenvalue weighted by atomic mass is 10.0. The lowest BCUT2D eigenvalue weighted by molar-refractivity contribution is 0.667. The Morgan fingerprint density at radius 2 is 1.12 bits per heavy atom. The van der Waals surface area contributed by atoms with Crippen LogP contribution in [0.25, 0.3) is 111 Å². The fraction of sp³-hybridized carbons (Fsp3) is 0.0169. The van der Waals surface area contributed by atoms with Crippen LogP contribution in [-0.2, 0) is 0 Å². The number of aromatic nitrogens is 1. The first-order valence-electron chi connectivity index (χ1n) is 22.2. The molecule has 14 aromatic rings. The Morgan fingerprint density at radius 1 is 0.470 bits per heavy atom. The van der Waals surface area contributed by atoms with Gasteiger partial charge in [-0.25, -0.2) is 9.98 Å². The van der Waals surface area contributed by atoms with Gasteiger partial charge in [-0.15, -0.1) is 22.7 Å². The molecule has 5 nitrogen and oxygen atoms in total. The topological polar surface area (TPSA) is 54.8 Å². The highest BCUT2D eigenvalue weighted by atomic mass is 32.1. The van der Waals surface area contributed by atoms with Crippen LogP contribution < -0.4 is 5.32 Å². The molecule has 0 bridgehead atoms. The Hall–Kier alpha value is -8.10. The highest BCUT2D eigenvalue weighted by molar-refractivity contribution is 7.26. The summed E-state index contributed by atoms with van der Waals surface area (Å²) in [5.41, 5.74) is 8.00. The summed E-state index contributed by atoms with van der Waals surface area (Å²) in [5, 5.41) is 18.1. The summed E-state index contributed by atoms with van der Waals surface area (Å²) in [6, 6.07) is 70.1. The molecule has 0 saturated carbocycles. The van der Waals surface area contributed by atoms with E-state index in [1.165, 1.54) is 72.7 Å². The molecule has 4 aromatic heterocycles. The fourth-order valence-corrected chi connectivity index (χ4v) is 13.0. The van der Waals surface area contributed by atoms with Crippen molar-refractivity contribution in [3.05, 3.63) is 211 Å². The second-order valence-electron chi connectivity index (χ2n) is 17.3. The maximum absolute atomic E-state index is 6.89. The minimum absolute atomic E-state index is 0.437. The van der Waals surface area contributed by atoms with Crippen molar-refractivity contribution < 1.29 is 4.42 Å². The summed E-state index contributed by atoms with van der Waals surface area (Å²) < 4.78 is 14.3. The zero-order chi connectivity index (χ0) is 43.0. The summed E-state index contributed by atoms with van der Waals surface area (Å²) >= 11 is 3.64. The molecule has 10 aromatic carbocycles. The van der Waals surface area contributed by atoms with Gasteiger partial charge in [0.15, 0.2) is 5.84 Å². The second-order valence-corrected chi connectivity index (χ2v) is 19.4. The number of fused-ring (bicyclic) bond motifs is 15. The first-order valence-corrected chi connectivity index (χ1v) is 23.9. The lowest BCUT2D eigenvalue weighted by Crippen LogP contribution is -2.33. The van der Waals surface area contributed by atoms with Crippen LogP contribution in [0, 0.1) is 0 Å². The van der Waals surface area contributed by atoms with Crippen LogP contribution in [0.2, 0.25) is 0 Å². The SMILES string of the molecule is c1ccc2cc3c(cc2c1)c1ccc2ccccc2c1n3-c1cc(C2=NC(c3cccc4sc5ccccc5c34)=NC(c3cccc4sc5ccccc5c34)N2)cc2oc3ccccc3c12. The molecule has 1 N–H and O–H groups in total. The van der Waals surface area contributed by atoms with E-state index >= 15 is 0 Å². The third-order valence-corrected chi connectivity index (χ3v) is 15.9. The number of nitrogens with zero attached hydrogens (tertiary/aromatic N) is 3. The van der Waals surface area contributed by atoms with E-state index in [2.05, 4.69) is 204 Å². The van der Waals surface area contributed by atoms with Gasteiger partial charge in [-0.3, -0.25) is 0 Å². The van der Waals surface area contributed by atoms with Crippen LogP contribution in [0.3, 0.4) is 0 Å². The van der Waals surface area contributed by atoms with Gasteiger partial charge in [0.05, 0.1) is 22.1 Å². The number of thiophene rings is 2. The number of aliphatic imine (C=N–C) groups is 2. The molecule has 0 radical (unpaired) electrons. The summed E-state index contributed by atoms with van der Waals surface area (Å²) in [6.45, 7) is 0. The van der Waals surface area contributed by atoms with Crippen molar-refractivity contribution >= 4 is 140 Å². The largest absolute Gasteiger partial charge is 0.456 e. The van der Waals surface area contributed by atoms with Gasteiger partial charge < -0.3 is 14.3 Å². The second kappa shape index (κ2) is 13.7. The third-order valence-electron chi connectivity index (χ3n) is 13.6. The summed E-state index contributed by atoms with van der Waals surface area (Å²) in [7, 11) is 0. The van der Waals surface area contributed by atoms with E-state index in [1.54, 1.807) is 0 Å². The molecule has 308 valence electrons. The third kappa shape index (κ3) is 5.21. The van der Waals surface area contributed by atoms with Crippen LogP contribution in [0.15, 0.2) is 209 Å². The zero-order valence-corrected chi connectivity index (χ0v) is 36.8. The zero-order valence-electron chi connectivity index (χ0n) is 35.1. The Balaban J connectivity index is 1.04. The van der Waals surface area contributed by atoms with Crippen molar-refractivity contribution in [2.45, 2.75) is 6.17 Å². The fourth-order valence-electron chi connectivity index (χ4n) is 10.7. The Bertz CT molecular complexity index is 4470. The number of rotatable bonds is 4. The summed E-state index contributed by atoms with van der Waals surface area (Å²) in [4.78, 5) is 11.2. The smallest absolute Gasteiger partial charge is 0.160 e. The Morgan fingerprint density at radius 3 is 1.94 bits per heavy atom. The molecule has 7 heteroatoms. The number of para-hydroxylation sites is 1. The summed E-state index contributed by atoms with van der Waals surface area (Å²) in [5.74, 6) is 1.43. The lowest BCUT2D eigenvalue weighted by Gasteiger charge is -2.25. The molecule has 15 rings (SSSR count). The van der Waals surface area contributed by atoms with Gasteiger partial charge in [-0.1, -0.05) is 140 Å². The minimum atomic E-state index is -0.437. The van der Waals surface area contributed by atoms with E-state index in [0.717, 1.165) is 61.2 Å². The molecule has 1 aliphatic heterocycles. The van der Waals surface area contributed by atoms with Crippen LogP contribution in [-0.4, -0.2) is 16.2 Å².